The van der Waals surface area contributed by atoms with Crippen molar-refractivity contribution in [1.82, 2.24) is 5.32 Å². The number of methoxy groups -OCH3 is 1. The third-order valence-electron chi connectivity index (χ3n) is 3.87. The molecule has 2 amide bonds. The molecule has 0 bridgehead atoms. The van der Waals surface area contributed by atoms with E-state index in [1.807, 2.05) is 12.1 Å². The molecule has 0 unspecified atom stereocenters. The first-order chi connectivity index (χ1) is 12.4. The SMILES string of the molecule is COC(=O)c1ccc(CNC(=O)C(=O)Nc2ccc(C(C)C)cc2)cc1. The van der Waals surface area contributed by atoms with E-state index in [-0.39, 0.29) is 6.54 Å². The van der Waals surface area contributed by atoms with Crippen LogP contribution < -0.4 is 10.6 Å². The first-order valence-corrected chi connectivity index (χ1v) is 8.27. The zero-order valence-electron chi connectivity index (χ0n) is 15.0. The topological polar surface area (TPSA) is 84.5 Å². The summed E-state index contributed by atoms with van der Waals surface area (Å²) in [7, 11) is 1.31. The van der Waals surface area contributed by atoms with E-state index in [4.69, 9.17) is 0 Å². The Kier molecular flexibility index (Phi) is 6.49. The van der Waals surface area contributed by atoms with Gasteiger partial charge in [0.05, 0.1) is 12.7 Å². The Hall–Kier alpha value is -3.15. The van der Waals surface area contributed by atoms with Gasteiger partial charge in [-0.05, 0) is 41.3 Å². The van der Waals surface area contributed by atoms with Crippen LogP contribution in [0.5, 0.6) is 0 Å². The quantitative estimate of drug-likeness (QED) is 0.639. The molecular formula is C20H22N2O4. The summed E-state index contributed by atoms with van der Waals surface area (Å²) in [5.41, 5.74) is 2.91. The van der Waals surface area contributed by atoms with Crippen molar-refractivity contribution in [2.24, 2.45) is 0 Å². The zero-order chi connectivity index (χ0) is 19.1. The lowest BCUT2D eigenvalue weighted by Crippen LogP contribution is -2.34. The summed E-state index contributed by atoms with van der Waals surface area (Å²) in [6.45, 7) is 4.34. The van der Waals surface area contributed by atoms with E-state index >= 15 is 0 Å². The highest BCUT2D eigenvalue weighted by Gasteiger charge is 2.13. The molecule has 6 heteroatoms. The first kappa shape index (κ1) is 19.2. The van der Waals surface area contributed by atoms with Gasteiger partial charge in [0.15, 0.2) is 0 Å². The molecule has 2 aromatic rings. The molecule has 6 nitrogen and oxygen atoms in total. The molecule has 2 aromatic carbocycles. The maximum Gasteiger partial charge on any atom is 0.337 e. The molecule has 2 rings (SSSR count). The molecule has 0 fully saturated rings. The molecule has 0 spiro atoms. The fourth-order valence-corrected chi connectivity index (χ4v) is 2.28. The van der Waals surface area contributed by atoms with Crippen LogP contribution in [-0.4, -0.2) is 24.9 Å². The van der Waals surface area contributed by atoms with Gasteiger partial charge in [-0.3, -0.25) is 9.59 Å². The van der Waals surface area contributed by atoms with E-state index in [9.17, 15) is 14.4 Å². The van der Waals surface area contributed by atoms with Gasteiger partial charge in [0.1, 0.15) is 0 Å². The van der Waals surface area contributed by atoms with Crippen LogP contribution in [-0.2, 0) is 20.9 Å². The predicted octanol–water partition coefficient (Wildman–Crippen LogP) is 2.85. The molecule has 0 saturated carbocycles. The molecule has 0 aliphatic rings. The third kappa shape index (κ3) is 5.17. The van der Waals surface area contributed by atoms with Gasteiger partial charge in [-0.2, -0.15) is 0 Å². The highest BCUT2D eigenvalue weighted by Crippen LogP contribution is 2.17. The van der Waals surface area contributed by atoms with Crippen molar-refractivity contribution in [3.05, 3.63) is 65.2 Å². The van der Waals surface area contributed by atoms with Crippen LogP contribution in [0, 0.1) is 0 Å². The number of nitrogens with one attached hydrogen (secondary N) is 2. The van der Waals surface area contributed by atoms with Crippen LogP contribution in [0.3, 0.4) is 0 Å². The molecule has 0 radical (unpaired) electrons. The van der Waals surface area contributed by atoms with E-state index < -0.39 is 17.8 Å². The number of benzene rings is 2. The normalized spacial score (nSPS) is 10.3. The number of carbonyl (C=O) groups is 3. The largest absolute Gasteiger partial charge is 0.465 e. The van der Waals surface area contributed by atoms with Crippen molar-refractivity contribution in [2.45, 2.75) is 26.3 Å². The Labute approximate surface area is 152 Å². The molecule has 0 aromatic heterocycles. The van der Waals surface area contributed by atoms with Crippen LogP contribution in [0.25, 0.3) is 0 Å². The molecule has 0 aliphatic heterocycles. The number of hydrogen-bond donors (Lipinski definition) is 2. The first-order valence-electron chi connectivity index (χ1n) is 8.27. The fraction of sp³-hybridized carbons (Fsp3) is 0.250. The number of rotatable bonds is 5. The second kappa shape index (κ2) is 8.80. The number of amides is 2. The predicted molar refractivity (Wildman–Crippen MR) is 98.8 cm³/mol. The number of ether oxygens (including phenoxy) is 1. The minimum Gasteiger partial charge on any atom is -0.465 e. The molecule has 26 heavy (non-hydrogen) atoms. The van der Waals surface area contributed by atoms with E-state index in [0.29, 0.717) is 17.2 Å². The lowest BCUT2D eigenvalue weighted by Gasteiger charge is -2.09. The summed E-state index contributed by atoms with van der Waals surface area (Å²) >= 11 is 0. The highest BCUT2D eigenvalue weighted by atomic mass is 16.5. The van der Waals surface area contributed by atoms with Gasteiger partial charge in [0.2, 0.25) is 0 Å². The maximum atomic E-state index is 12.0. The minimum atomic E-state index is -0.728. The van der Waals surface area contributed by atoms with Crippen molar-refractivity contribution in [3.63, 3.8) is 0 Å². The zero-order valence-corrected chi connectivity index (χ0v) is 15.0. The van der Waals surface area contributed by atoms with Gasteiger partial charge < -0.3 is 15.4 Å². The average Bonchev–Trinajstić information content (AvgIpc) is 2.66. The fourth-order valence-electron chi connectivity index (χ4n) is 2.28. The van der Waals surface area contributed by atoms with Crippen molar-refractivity contribution >= 4 is 23.5 Å². The maximum absolute atomic E-state index is 12.0. The van der Waals surface area contributed by atoms with Gasteiger partial charge in [-0.1, -0.05) is 38.1 Å². The average molecular weight is 354 g/mol. The summed E-state index contributed by atoms with van der Waals surface area (Å²) in [6, 6.07) is 14.0. The summed E-state index contributed by atoms with van der Waals surface area (Å²) in [5.74, 6) is -1.49. The Balaban J connectivity index is 1.87. The van der Waals surface area contributed by atoms with E-state index in [2.05, 4.69) is 29.2 Å². The summed E-state index contributed by atoms with van der Waals surface area (Å²) in [5, 5.41) is 5.11. The van der Waals surface area contributed by atoms with Gasteiger partial charge >= 0.3 is 17.8 Å². The van der Waals surface area contributed by atoms with Crippen LogP contribution in [0.4, 0.5) is 5.69 Å². The van der Waals surface area contributed by atoms with E-state index in [1.165, 1.54) is 7.11 Å². The van der Waals surface area contributed by atoms with Crippen LogP contribution in [0.1, 0.15) is 41.3 Å². The Bertz CT molecular complexity index is 780. The van der Waals surface area contributed by atoms with Gasteiger partial charge in [-0.25, -0.2) is 4.79 Å². The lowest BCUT2D eigenvalue weighted by molar-refractivity contribution is -0.136. The third-order valence-corrected chi connectivity index (χ3v) is 3.87. The monoisotopic (exact) mass is 354 g/mol. The van der Waals surface area contributed by atoms with Crippen molar-refractivity contribution in [2.75, 3.05) is 12.4 Å². The smallest absolute Gasteiger partial charge is 0.337 e. The van der Waals surface area contributed by atoms with E-state index in [1.54, 1.807) is 36.4 Å². The standard InChI is InChI=1S/C20H22N2O4/c1-13(2)15-8-10-17(11-9-15)22-19(24)18(23)21-12-14-4-6-16(7-5-14)20(25)26-3/h4-11,13H,12H2,1-3H3,(H,21,23)(H,22,24). The molecule has 0 heterocycles. The molecule has 0 saturated heterocycles. The Morgan fingerprint density at radius 1 is 0.923 bits per heavy atom. The second-order valence-electron chi connectivity index (χ2n) is 6.10. The van der Waals surface area contributed by atoms with Crippen molar-refractivity contribution < 1.29 is 19.1 Å². The van der Waals surface area contributed by atoms with Gasteiger partial charge in [-0.15, -0.1) is 0 Å². The molecule has 2 N–H and O–H groups in total. The molecule has 0 atom stereocenters. The van der Waals surface area contributed by atoms with E-state index in [0.717, 1.165) is 11.1 Å². The highest BCUT2D eigenvalue weighted by molar-refractivity contribution is 6.39. The van der Waals surface area contributed by atoms with Crippen molar-refractivity contribution in [3.8, 4) is 0 Å². The Morgan fingerprint density at radius 3 is 2.08 bits per heavy atom. The van der Waals surface area contributed by atoms with Crippen LogP contribution >= 0.6 is 0 Å². The number of anilines is 1. The van der Waals surface area contributed by atoms with Gasteiger partial charge in [0.25, 0.3) is 0 Å². The molecular weight excluding hydrogens is 332 g/mol. The Morgan fingerprint density at radius 2 is 1.54 bits per heavy atom. The summed E-state index contributed by atoms with van der Waals surface area (Å²) in [4.78, 5) is 35.2. The number of esters is 1. The summed E-state index contributed by atoms with van der Waals surface area (Å²) < 4.78 is 4.62. The minimum absolute atomic E-state index is 0.181. The van der Waals surface area contributed by atoms with Crippen LogP contribution in [0.2, 0.25) is 0 Å². The number of hydrogen-bond acceptors (Lipinski definition) is 4. The molecule has 0 aliphatic carbocycles. The molecule has 136 valence electrons. The van der Waals surface area contributed by atoms with Gasteiger partial charge in [0, 0.05) is 12.2 Å². The van der Waals surface area contributed by atoms with Crippen molar-refractivity contribution in [1.29, 1.82) is 0 Å². The van der Waals surface area contributed by atoms with Crippen LogP contribution in [0.15, 0.2) is 48.5 Å². The lowest BCUT2D eigenvalue weighted by atomic mass is 10.0. The number of carbonyl (C=O) groups excluding carboxylic acids is 3. The summed E-state index contributed by atoms with van der Waals surface area (Å²) in [6.07, 6.45) is 0. The second-order valence-corrected chi connectivity index (χ2v) is 6.10.